The Morgan fingerprint density at radius 3 is 1.28 bits per heavy atom. The minimum Gasteiger partial charge on any atom is -0.455 e. The Balaban J connectivity index is 1.60. The zero-order valence-electron chi connectivity index (χ0n) is 15.8. The first-order valence-electron chi connectivity index (χ1n) is 9.87. The van der Waals surface area contributed by atoms with E-state index in [-0.39, 0.29) is 0 Å². The molecule has 0 radical (unpaired) electrons. The molecule has 1 nitrogen and oxygen atoms in total. The SMILES string of the molecule is c1ccc2cc(-c3oc(-c4ccc5ccccc5c4)c4ccccc34)ccc2c1. The summed E-state index contributed by atoms with van der Waals surface area (Å²) in [4.78, 5) is 0. The van der Waals surface area contributed by atoms with E-state index in [0.29, 0.717) is 0 Å². The molecule has 0 aliphatic heterocycles. The van der Waals surface area contributed by atoms with Crippen LogP contribution < -0.4 is 0 Å². The minimum atomic E-state index is 0.925. The Kier molecular flexibility index (Phi) is 3.54. The number of hydrogen-bond acceptors (Lipinski definition) is 1. The molecule has 136 valence electrons. The minimum absolute atomic E-state index is 0.925. The number of fused-ring (bicyclic) bond motifs is 3. The van der Waals surface area contributed by atoms with Gasteiger partial charge in [-0.3, -0.25) is 0 Å². The molecule has 0 bridgehead atoms. The Morgan fingerprint density at radius 1 is 0.379 bits per heavy atom. The zero-order chi connectivity index (χ0) is 19.2. The second-order valence-electron chi connectivity index (χ2n) is 7.43. The second kappa shape index (κ2) is 6.35. The van der Waals surface area contributed by atoms with E-state index >= 15 is 0 Å². The van der Waals surface area contributed by atoms with Crippen LogP contribution in [0.2, 0.25) is 0 Å². The highest BCUT2D eigenvalue weighted by atomic mass is 16.3. The van der Waals surface area contributed by atoms with Gasteiger partial charge >= 0.3 is 0 Å². The van der Waals surface area contributed by atoms with Crippen molar-refractivity contribution in [2.45, 2.75) is 0 Å². The van der Waals surface area contributed by atoms with E-state index in [4.69, 9.17) is 4.42 Å². The molecule has 6 aromatic rings. The quantitative estimate of drug-likeness (QED) is 0.300. The molecule has 5 aromatic carbocycles. The fourth-order valence-electron chi connectivity index (χ4n) is 4.18. The van der Waals surface area contributed by atoms with Gasteiger partial charge in [0.2, 0.25) is 0 Å². The maximum Gasteiger partial charge on any atom is 0.142 e. The number of rotatable bonds is 2. The summed E-state index contributed by atoms with van der Waals surface area (Å²) in [5.41, 5.74) is 2.21. The predicted molar refractivity (Wildman–Crippen MR) is 122 cm³/mol. The summed E-state index contributed by atoms with van der Waals surface area (Å²) in [6, 6.07) is 38.4. The Hall–Kier alpha value is -3.84. The zero-order valence-corrected chi connectivity index (χ0v) is 15.8. The van der Waals surface area contributed by atoms with Gasteiger partial charge in [0.25, 0.3) is 0 Å². The lowest BCUT2D eigenvalue weighted by molar-refractivity contribution is 0.602. The monoisotopic (exact) mass is 370 g/mol. The van der Waals surface area contributed by atoms with Crippen molar-refractivity contribution in [3.05, 3.63) is 109 Å². The van der Waals surface area contributed by atoms with Crippen LogP contribution >= 0.6 is 0 Å². The lowest BCUT2D eigenvalue weighted by Crippen LogP contribution is -1.77. The van der Waals surface area contributed by atoms with Crippen LogP contribution in [-0.2, 0) is 0 Å². The Morgan fingerprint density at radius 2 is 0.793 bits per heavy atom. The lowest BCUT2D eigenvalue weighted by atomic mass is 10.0. The van der Waals surface area contributed by atoms with Gasteiger partial charge in [-0.15, -0.1) is 0 Å². The Bertz CT molecular complexity index is 1390. The maximum absolute atomic E-state index is 6.54. The van der Waals surface area contributed by atoms with Gasteiger partial charge in [-0.25, -0.2) is 0 Å². The van der Waals surface area contributed by atoms with Crippen molar-refractivity contribution in [2.75, 3.05) is 0 Å². The van der Waals surface area contributed by atoms with Gasteiger partial charge in [-0.05, 0) is 33.7 Å². The standard InChI is InChI=1S/C28H18O/c1-3-9-21-17-23(15-13-19(21)7-1)27-25-11-5-6-12-26(25)28(29-27)24-16-14-20-8-2-4-10-22(20)18-24/h1-18H. The van der Waals surface area contributed by atoms with E-state index < -0.39 is 0 Å². The summed E-state index contributed by atoms with van der Waals surface area (Å²) in [5, 5.41) is 7.20. The number of hydrogen-bond donors (Lipinski definition) is 0. The fraction of sp³-hybridized carbons (Fsp3) is 0. The molecule has 0 saturated heterocycles. The van der Waals surface area contributed by atoms with Crippen LogP contribution in [0, 0.1) is 0 Å². The molecule has 0 saturated carbocycles. The Labute approximate surface area is 168 Å². The highest BCUT2D eigenvalue weighted by Gasteiger charge is 2.16. The molecular formula is C28H18O. The maximum atomic E-state index is 6.54. The average Bonchev–Trinajstić information content (AvgIpc) is 3.18. The third-order valence-electron chi connectivity index (χ3n) is 5.64. The molecule has 0 fully saturated rings. The number of benzene rings is 5. The predicted octanol–water partition coefficient (Wildman–Crippen LogP) is 8.07. The second-order valence-corrected chi connectivity index (χ2v) is 7.43. The van der Waals surface area contributed by atoms with E-state index in [9.17, 15) is 0 Å². The molecule has 0 unspecified atom stereocenters. The summed E-state index contributed by atoms with van der Waals surface area (Å²) in [7, 11) is 0. The summed E-state index contributed by atoms with van der Waals surface area (Å²) in [6.45, 7) is 0. The molecule has 0 spiro atoms. The molecule has 1 aromatic heterocycles. The molecule has 1 heteroatoms. The van der Waals surface area contributed by atoms with Crippen LogP contribution in [0.25, 0.3) is 55.0 Å². The first-order valence-corrected chi connectivity index (χ1v) is 9.87. The largest absolute Gasteiger partial charge is 0.455 e. The van der Waals surface area contributed by atoms with Gasteiger partial charge in [0, 0.05) is 21.9 Å². The van der Waals surface area contributed by atoms with Crippen LogP contribution in [0.3, 0.4) is 0 Å². The van der Waals surface area contributed by atoms with E-state index in [1.54, 1.807) is 0 Å². The van der Waals surface area contributed by atoms with Crippen molar-refractivity contribution < 1.29 is 4.42 Å². The van der Waals surface area contributed by atoms with Gasteiger partial charge in [0.05, 0.1) is 0 Å². The highest BCUT2D eigenvalue weighted by Crippen LogP contribution is 2.40. The molecule has 6 rings (SSSR count). The van der Waals surface area contributed by atoms with Crippen molar-refractivity contribution in [1.29, 1.82) is 0 Å². The topological polar surface area (TPSA) is 13.1 Å². The van der Waals surface area contributed by atoms with E-state index in [1.807, 2.05) is 0 Å². The average molecular weight is 370 g/mol. The summed E-state index contributed by atoms with van der Waals surface area (Å²) >= 11 is 0. The molecule has 0 amide bonds. The first kappa shape index (κ1) is 16.1. The summed E-state index contributed by atoms with van der Waals surface area (Å²) in [5.74, 6) is 1.85. The van der Waals surface area contributed by atoms with Gasteiger partial charge in [-0.1, -0.05) is 97.1 Å². The molecule has 0 aliphatic rings. The van der Waals surface area contributed by atoms with Crippen molar-refractivity contribution in [3.8, 4) is 22.6 Å². The normalized spacial score (nSPS) is 11.4. The fourth-order valence-corrected chi connectivity index (χ4v) is 4.18. The molecule has 0 atom stereocenters. The van der Waals surface area contributed by atoms with Crippen molar-refractivity contribution in [2.24, 2.45) is 0 Å². The molecule has 29 heavy (non-hydrogen) atoms. The smallest absolute Gasteiger partial charge is 0.142 e. The molecule has 0 N–H and O–H groups in total. The van der Waals surface area contributed by atoms with Crippen LogP contribution in [0.15, 0.2) is 114 Å². The van der Waals surface area contributed by atoms with Crippen LogP contribution in [-0.4, -0.2) is 0 Å². The van der Waals surface area contributed by atoms with Gasteiger partial charge in [-0.2, -0.15) is 0 Å². The van der Waals surface area contributed by atoms with Crippen molar-refractivity contribution in [3.63, 3.8) is 0 Å². The van der Waals surface area contributed by atoms with Crippen LogP contribution in [0.4, 0.5) is 0 Å². The third kappa shape index (κ3) is 2.63. The van der Waals surface area contributed by atoms with E-state index in [2.05, 4.69) is 109 Å². The van der Waals surface area contributed by atoms with Crippen molar-refractivity contribution >= 4 is 32.3 Å². The van der Waals surface area contributed by atoms with Gasteiger partial charge < -0.3 is 4.42 Å². The lowest BCUT2D eigenvalue weighted by Gasteiger charge is -2.03. The third-order valence-corrected chi connectivity index (χ3v) is 5.64. The van der Waals surface area contributed by atoms with Gasteiger partial charge in [0.1, 0.15) is 11.5 Å². The highest BCUT2D eigenvalue weighted by molar-refractivity contribution is 6.04. The summed E-state index contributed by atoms with van der Waals surface area (Å²) < 4.78 is 6.54. The first-order chi connectivity index (χ1) is 14.4. The van der Waals surface area contributed by atoms with Crippen LogP contribution in [0.5, 0.6) is 0 Å². The van der Waals surface area contributed by atoms with Gasteiger partial charge in [0.15, 0.2) is 0 Å². The van der Waals surface area contributed by atoms with E-state index in [1.165, 1.54) is 21.5 Å². The molecular weight excluding hydrogens is 352 g/mol. The van der Waals surface area contributed by atoms with E-state index in [0.717, 1.165) is 33.4 Å². The van der Waals surface area contributed by atoms with Crippen LogP contribution in [0.1, 0.15) is 0 Å². The number of furan rings is 1. The summed E-state index contributed by atoms with van der Waals surface area (Å²) in [6.07, 6.45) is 0. The van der Waals surface area contributed by atoms with Crippen molar-refractivity contribution in [1.82, 2.24) is 0 Å². The molecule has 1 heterocycles. The molecule has 0 aliphatic carbocycles.